The lowest BCUT2D eigenvalue weighted by Gasteiger charge is -2.10. The number of thiocarbonyl (C=S) groups is 1. The maximum Gasteiger partial charge on any atom is 0.279 e. The van der Waals surface area contributed by atoms with E-state index in [4.69, 9.17) is 23.8 Å². The van der Waals surface area contributed by atoms with Crippen molar-refractivity contribution in [3.63, 3.8) is 0 Å². The highest BCUT2D eigenvalue weighted by atomic mass is 35.5. The molecule has 9 nitrogen and oxygen atoms in total. The van der Waals surface area contributed by atoms with Crippen molar-refractivity contribution in [1.29, 1.82) is 0 Å². The third-order valence-electron chi connectivity index (χ3n) is 3.30. The quantitative estimate of drug-likeness (QED) is 0.504. The highest BCUT2D eigenvalue weighted by Gasteiger charge is 2.17. The molecular formula is C15H13ClN6O3S3. The number of sulfonamides is 1. The average Bonchev–Trinajstić information content (AvgIpc) is 3.23. The Bertz CT molecular complexity index is 1110. The summed E-state index contributed by atoms with van der Waals surface area (Å²) < 4.78 is 28.4. The van der Waals surface area contributed by atoms with E-state index in [0.29, 0.717) is 5.69 Å². The van der Waals surface area contributed by atoms with Crippen molar-refractivity contribution in [3.8, 4) is 0 Å². The number of rotatable bonds is 5. The maximum absolute atomic E-state index is 12.3. The number of thiazole rings is 1. The van der Waals surface area contributed by atoms with E-state index in [-0.39, 0.29) is 25.9 Å². The monoisotopic (exact) mass is 456 g/mol. The zero-order valence-electron chi connectivity index (χ0n) is 14.2. The predicted octanol–water partition coefficient (Wildman–Crippen LogP) is 2.46. The number of carbonyl (C=O) groups is 1. The molecule has 1 aromatic carbocycles. The number of carbonyl (C=O) groups excluding carboxylic acids is 1. The molecule has 0 saturated carbocycles. The van der Waals surface area contributed by atoms with Crippen molar-refractivity contribution >= 4 is 67.0 Å². The van der Waals surface area contributed by atoms with Gasteiger partial charge in [0, 0.05) is 30.5 Å². The van der Waals surface area contributed by atoms with Crippen LogP contribution in [0.25, 0.3) is 0 Å². The van der Waals surface area contributed by atoms with Gasteiger partial charge in [0.2, 0.25) is 0 Å². The molecule has 0 saturated heterocycles. The summed E-state index contributed by atoms with van der Waals surface area (Å²) in [4.78, 5) is 16.1. The summed E-state index contributed by atoms with van der Waals surface area (Å²) in [6.45, 7) is 0. The predicted molar refractivity (Wildman–Crippen MR) is 111 cm³/mol. The van der Waals surface area contributed by atoms with Crippen LogP contribution in [0.3, 0.4) is 0 Å². The van der Waals surface area contributed by atoms with Crippen molar-refractivity contribution in [2.24, 2.45) is 7.05 Å². The number of amides is 1. The lowest BCUT2D eigenvalue weighted by atomic mass is 10.3. The Hall–Kier alpha value is -2.54. The number of nitrogens with zero attached hydrogens (tertiary/aromatic N) is 3. The van der Waals surface area contributed by atoms with Gasteiger partial charge in [0.15, 0.2) is 15.9 Å². The maximum atomic E-state index is 12.3. The summed E-state index contributed by atoms with van der Waals surface area (Å²) in [5, 5.41) is 11.4. The van der Waals surface area contributed by atoms with Crippen LogP contribution >= 0.6 is 35.2 Å². The minimum Gasteiger partial charge on any atom is -0.332 e. The fourth-order valence-corrected chi connectivity index (χ4v) is 4.37. The summed E-state index contributed by atoms with van der Waals surface area (Å²) in [7, 11) is -2.11. The van der Waals surface area contributed by atoms with E-state index in [1.54, 1.807) is 12.4 Å². The number of nitrogens with one attached hydrogen (secondary N) is 3. The Morgan fingerprint density at radius 1 is 1.29 bits per heavy atom. The SMILES string of the molecule is Cn1cc(Cl)c(C(=O)NC(=S)Nc2ccc(S(=O)(=O)Nc3nccs3)cc2)n1. The fraction of sp³-hybridized carbons (Fsp3) is 0.0667. The number of aryl methyl sites for hydroxylation is 1. The Morgan fingerprint density at radius 2 is 2.00 bits per heavy atom. The molecule has 0 atom stereocenters. The van der Waals surface area contributed by atoms with Gasteiger partial charge in [-0.25, -0.2) is 13.4 Å². The average molecular weight is 457 g/mol. The second kappa shape index (κ2) is 8.22. The smallest absolute Gasteiger partial charge is 0.279 e. The van der Waals surface area contributed by atoms with Crippen molar-refractivity contribution in [1.82, 2.24) is 20.1 Å². The molecular weight excluding hydrogens is 444 g/mol. The molecule has 1 amide bonds. The summed E-state index contributed by atoms with van der Waals surface area (Å²) in [6, 6.07) is 5.84. The van der Waals surface area contributed by atoms with Crippen molar-refractivity contribution < 1.29 is 13.2 Å². The van der Waals surface area contributed by atoms with Gasteiger partial charge in [0.1, 0.15) is 0 Å². The topological polar surface area (TPSA) is 118 Å². The first-order valence-electron chi connectivity index (χ1n) is 7.58. The van der Waals surface area contributed by atoms with Crippen molar-refractivity contribution in [3.05, 3.63) is 52.8 Å². The van der Waals surface area contributed by atoms with E-state index < -0.39 is 15.9 Å². The van der Waals surface area contributed by atoms with Crippen LogP contribution in [0.5, 0.6) is 0 Å². The van der Waals surface area contributed by atoms with E-state index in [1.807, 2.05) is 0 Å². The summed E-state index contributed by atoms with van der Waals surface area (Å²) in [6.07, 6.45) is 2.99. The van der Waals surface area contributed by atoms with E-state index in [1.165, 1.54) is 52.7 Å². The summed E-state index contributed by atoms with van der Waals surface area (Å²) in [5.74, 6) is -0.560. The Balaban J connectivity index is 1.63. The molecule has 13 heteroatoms. The van der Waals surface area contributed by atoms with E-state index in [9.17, 15) is 13.2 Å². The fourth-order valence-electron chi connectivity index (χ4n) is 2.10. The van der Waals surface area contributed by atoms with Gasteiger partial charge in [-0.15, -0.1) is 11.3 Å². The molecule has 2 aromatic heterocycles. The number of anilines is 2. The molecule has 0 aliphatic heterocycles. The molecule has 0 bridgehead atoms. The normalized spacial score (nSPS) is 11.1. The molecule has 2 heterocycles. The van der Waals surface area contributed by atoms with Gasteiger partial charge in [-0.2, -0.15) is 5.10 Å². The number of aromatic nitrogens is 3. The third kappa shape index (κ3) is 4.84. The molecule has 0 spiro atoms. The first-order valence-corrected chi connectivity index (χ1v) is 10.7. The zero-order valence-corrected chi connectivity index (χ0v) is 17.4. The van der Waals surface area contributed by atoms with E-state index in [0.717, 1.165) is 0 Å². The second-order valence-corrected chi connectivity index (χ2v) is 8.77. The Kier molecular flexibility index (Phi) is 5.93. The molecule has 28 heavy (non-hydrogen) atoms. The highest BCUT2D eigenvalue weighted by Crippen LogP contribution is 2.19. The Labute approximate surface area is 174 Å². The number of halogens is 1. The lowest BCUT2D eigenvalue weighted by molar-refractivity contribution is 0.0972. The molecule has 0 fully saturated rings. The number of hydrogen-bond acceptors (Lipinski definition) is 7. The van der Waals surface area contributed by atoms with Crippen molar-refractivity contribution in [2.75, 3.05) is 10.0 Å². The number of benzene rings is 1. The molecule has 0 aliphatic rings. The molecule has 3 aromatic rings. The van der Waals surface area contributed by atoms with Gasteiger partial charge < -0.3 is 5.32 Å². The summed E-state index contributed by atoms with van der Waals surface area (Å²) in [5.41, 5.74) is 0.536. The second-order valence-electron chi connectivity index (χ2n) is 5.37. The summed E-state index contributed by atoms with van der Waals surface area (Å²) >= 11 is 12.2. The highest BCUT2D eigenvalue weighted by molar-refractivity contribution is 7.93. The lowest BCUT2D eigenvalue weighted by Crippen LogP contribution is -2.34. The van der Waals surface area contributed by atoms with Crippen LogP contribution < -0.4 is 15.4 Å². The molecule has 0 radical (unpaired) electrons. The van der Waals surface area contributed by atoms with Gasteiger partial charge in [-0.1, -0.05) is 11.6 Å². The van der Waals surface area contributed by atoms with Crippen LogP contribution in [-0.2, 0) is 17.1 Å². The van der Waals surface area contributed by atoms with Gasteiger partial charge in [0.05, 0.1) is 9.92 Å². The van der Waals surface area contributed by atoms with Crippen LogP contribution in [0.15, 0.2) is 46.9 Å². The number of hydrogen-bond donors (Lipinski definition) is 3. The van der Waals surface area contributed by atoms with Crippen LogP contribution in [0.4, 0.5) is 10.8 Å². The van der Waals surface area contributed by atoms with Gasteiger partial charge >= 0.3 is 0 Å². The molecule has 0 unspecified atom stereocenters. The molecule has 0 aliphatic carbocycles. The Morgan fingerprint density at radius 3 is 2.57 bits per heavy atom. The zero-order chi connectivity index (χ0) is 20.3. The first-order chi connectivity index (χ1) is 13.2. The van der Waals surface area contributed by atoms with Crippen LogP contribution in [0, 0.1) is 0 Å². The van der Waals surface area contributed by atoms with E-state index >= 15 is 0 Å². The standard InChI is InChI=1S/C15H13ClN6O3S3/c1-22-8-11(16)12(20-22)13(23)19-14(26)18-9-2-4-10(5-3-9)28(24,25)21-15-17-6-7-27-15/h2-8H,1H3,(H,17,21)(H2,18,19,23,26). The van der Waals surface area contributed by atoms with Crippen LogP contribution in [-0.4, -0.2) is 34.2 Å². The first kappa shape index (κ1) is 20.2. The van der Waals surface area contributed by atoms with Crippen LogP contribution in [0.1, 0.15) is 10.5 Å². The van der Waals surface area contributed by atoms with Gasteiger partial charge in [-0.05, 0) is 36.5 Å². The minimum absolute atomic E-state index is 0.0169. The van der Waals surface area contributed by atoms with Gasteiger partial charge in [0.25, 0.3) is 15.9 Å². The van der Waals surface area contributed by atoms with Crippen LogP contribution in [0.2, 0.25) is 5.02 Å². The van der Waals surface area contributed by atoms with Gasteiger partial charge in [-0.3, -0.25) is 19.5 Å². The van der Waals surface area contributed by atoms with Crippen molar-refractivity contribution in [2.45, 2.75) is 4.90 Å². The van der Waals surface area contributed by atoms with E-state index in [2.05, 4.69) is 25.4 Å². The molecule has 146 valence electrons. The molecule has 3 N–H and O–H groups in total. The molecule has 3 rings (SSSR count). The minimum atomic E-state index is -3.74. The largest absolute Gasteiger partial charge is 0.332 e. The third-order valence-corrected chi connectivity index (χ3v) is 5.96.